The van der Waals surface area contributed by atoms with E-state index in [9.17, 15) is 9.59 Å². The summed E-state index contributed by atoms with van der Waals surface area (Å²) in [5.41, 5.74) is 0.724. The molecule has 0 spiro atoms. The van der Waals surface area contributed by atoms with Gasteiger partial charge in [0.15, 0.2) is 0 Å². The fraction of sp³-hybridized carbons (Fsp3) is 0.500. The van der Waals surface area contributed by atoms with Crippen LogP contribution in [-0.2, 0) is 16.1 Å². The van der Waals surface area contributed by atoms with E-state index in [-0.39, 0.29) is 12.1 Å². The summed E-state index contributed by atoms with van der Waals surface area (Å²) >= 11 is 0. The van der Waals surface area contributed by atoms with Gasteiger partial charge in [-0.1, -0.05) is 6.08 Å². The van der Waals surface area contributed by atoms with Gasteiger partial charge in [0.2, 0.25) is 0 Å². The van der Waals surface area contributed by atoms with Gasteiger partial charge in [-0.2, -0.15) is 0 Å². The zero-order valence-corrected chi connectivity index (χ0v) is 13.0. The lowest BCUT2D eigenvalue weighted by Gasteiger charge is -2.35. The van der Waals surface area contributed by atoms with Gasteiger partial charge in [0.1, 0.15) is 6.54 Å². The summed E-state index contributed by atoms with van der Waals surface area (Å²) in [6, 6.07) is 3.46. The molecule has 0 aromatic carbocycles. The SMILES string of the molecule is C=CCN1CCN(c2ccn(CC(=O)OCC)c(=O)c2)CC1. The minimum Gasteiger partial charge on any atom is -0.465 e. The zero-order chi connectivity index (χ0) is 15.9. The second kappa shape index (κ2) is 7.79. The molecule has 6 nitrogen and oxygen atoms in total. The van der Waals surface area contributed by atoms with Crippen molar-refractivity contribution in [2.75, 3.05) is 44.2 Å². The first-order chi connectivity index (χ1) is 10.6. The van der Waals surface area contributed by atoms with Crippen LogP contribution in [0.15, 0.2) is 35.8 Å². The van der Waals surface area contributed by atoms with Crippen LogP contribution in [0.4, 0.5) is 5.69 Å². The Balaban J connectivity index is 1.99. The quantitative estimate of drug-likeness (QED) is 0.572. The molecule has 2 heterocycles. The molecule has 1 fully saturated rings. The van der Waals surface area contributed by atoms with E-state index in [2.05, 4.69) is 16.4 Å². The van der Waals surface area contributed by atoms with Crippen LogP contribution in [0.1, 0.15) is 6.92 Å². The van der Waals surface area contributed by atoms with Crippen molar-refractivity contribution in [3.05, 3.63) is 41.3 Å². The van der Waals surface area contributed by atoms with Gasteiger partial charge in [0.05, 0.1) is 6.61 Å². The van der Waals surface area contributed by atoms with Crippen LogP contribution < -0.4 is 10.5 Å². The molecule has 1 aromatic heterocycles. The topological polar surface area (TPSA) is 54.8 Å². The first-order valence-corrected chi connectivity index (χ1v) is 7.58. The molecule has 0 amide bonds. The van der Waals surface area contributed by atoms with E-state index in [4.69, 9.17) is 4.74 Å². The zero-order valence-electron chi connectivity index (χ0n) is 13.0. The molecule has 0 unspecified atom stereocenters. The molecule has 0 radical (unpaired) electrons. The number of piperazine rings is 1. The van der Waals surface area contributed by atoms with Gasteiger partial charge in [-0.3, -0.25) is 14.5 Å². The Hall–Kier alpha value is -2.08. The van der Waals surface area contributed by atoms with Crippen molar-refractivity contribution in [1.82, 2.24) is 9.47 Å². The van der Waals surface area contributed by atoms with Gasteiger partial charge in [0.25, 0.3) is 5.56 Å². The Bertz CT molecular complexity index is 574. The smallest absolute Gasteiger partial charge is 0.326 e. The Morgan fingerprint density at radius 2 is 2.09 bits per heavy atom. The highest BCUT2D eigenvalue weighted by atomic mass is 16.5. The molecule has 0 bridgehead atoms. The molecular weight excluding hydrogens is 282 g/mol. The van der Waals surface area contributed by atoms with Crippen molar-refractivity contribution in [2.24, 2.45) is 0 Å². The van der Waals surface area contributed by atoms with Crippen molar-refractivity contribution in [3.63, 3.8) is 0 Å². The normalized spacial score (nSPS) is 15.6. The Morgan fingerprint density at radius 3 is 2.68 bits per heavy atom. The monoisotopic (exact) mass is 305 g/mol. The number of ether oxygens (including phenoxy) is 1. The minimum absolute atomic E-state index is 0.0416. The van der Waals surface area contributed by atoms with Gasteiger partial charge >= 0.3 is 5.97 Å². The molecular formula is C16H23N3O3. The third-order valence-electron chi connectivity index (χ3n) is 3.71. The number of hydrogen-bond acceptors (Lipinski definition) is 5. The first-order valence-electron chi connectivity index (χ1n) is 7.58. The minimum atomic E-state index is -0.393. The van der Waals surface area contributed by atoms with E-state index in [1.54, 1.807) is 19.2 Å². The van der Waals surface area contributed by atoms with Crippen molar-refractivity contribution < 1.29 is 9.53 Å². The van der Waals surface area contributed by atoms with Gasteiger partial charge in [0, 0.05) is 50.7 Å². The molecule has 2 rings (SSSR count). The first kappa shape index (κ1) is 16.3. The second-order valence-corrected chi connectivity index (χ2v) is 5.23. The summed E-state index contributed by atoms with van der Waals surface area (Å²) in [7, 11) is 0. The largest absolute Gasteiger partial charge is 0.465 e. The maximum Gasteiger partial charge on any atom is 0.326 e. The molecule has 1 aliphatic rings. The van der Waals surface area contributed by atoms with Crippen LogP contribution >= 0.6 is 0 Å². The summed E-state index contributed by atoms with van der Waals surface area (Å²) < 4.78 is 6.23. The molecule has 1 saturated heterocycles. The Labute approximate surface area is 130 Å². The predicted octanol–water partition coefficient (Wildman–Crippen LogP) is 0.719. The second-order valence-electron chi connectivity index (χ2n) is 5.23. The van der Waals surface area contributed by atoms with Gasteiger partial charge < -0.3 is 14.2 Å². The van der Waals surface area contributed by atoms with E-state index < -0.39 is 5.97 Å². The summed E-state index contributed by atoms with van der Waals surface area (Å²) in [6.07, 6.45) is 3.57. The summed E-state index contributed by atoms with van der Waals surface area (Å²) in [5, 5.41) is 0. The van der Waals surface area contributed by atoms with Crippen LogP contribution in [0.3, 0.4) is 0 Å². The highest BCUT2D eigenvalue weighted by molar-refractivity contribution is 5.69. The number of pyridine rings is 1. The lowest BCUT2D eigenvalue weighted by Crippen LogP contribution is -2.46. The molecule has 1 aromatic rings. The summed E-state index contributed by atoms with van der Waals surface area (Å²) in [4.78, 5) is 28.1. The van der Waals surface area contributed by atoms with Crippen molar-refractivity contribution in [3.8, 4) is 0 Å². The third-order valence-corrected chi connectivity index (χ3v) is 3.71. The maximum atomic E-state index is 12.1. The van der Waals surface area contributed by atoms with Gasteiger partial charge in [-0.05, 0) is 13.0 Å². The lowest BCUT2D eigenvalue weighted by atomic mass is 10.2. The molecule has 0 aliphatic carbocycles. The lowest BCUT2D eigenvalue weighted by molar-refractivity contribution is -0.143. The molecule has 0 N–H and O–H groups in total. The van der Waals surface area contributed by atoms with Crippen molar-refractivity contribution >= 4 is 11.7 Å². The highest BCUT2D eigenvalue weighted by Crippen LogP contribution is 2.13. The third kappa shape index (κ3) is 4.21. The van der Waals surface area contributed by atoms with E-state index in [1.165, 1.54) is 4.57 Å². The summed E-state index contributed by atoms with van der Waals surface area (Å²) in [5.74, 6) is -0.393. The van der Waals surface area contributed by atoms with Crippen LogP contribution in [0.25, 0.3) is 0 Å². The van der Waals surface area contributed by atoms with Gasteiger partial charge in [-0.25, -0.2) is 0 Å². The van der Waals surface area contributed by atoms with Crippen LogP contribution in [0.2, 0.25) is 0 Å². The van der Waals surface area contributed by atoms with Crippen molar-refractivity contribution in [2.45, 2.75) is 13.5 Å². The van der Waals surface area contributed by atoms with Crippen LogP contribution in [0, 0.1) is 0 Å². The summed E-state index contributed by atoms with van der Waals surface area (Å²) in [6.45, 7) is 10.4. The number of rotatable bonds is 6. The Morgan fingerprint density at radius 1 is 1.36 bits per heavy atom. The van der Waals surface area contributed by atoms with Crippen molar-refractivity contribution in [1.29, 1.82) is 0 Å². The van der Waals surface area contributed by atoms with Crippen LogP contribution in [-0.4, -0.2) is 54.8 Å². The maximum absolute atomic E-state index is 12.1. The number of anilines is 1. The average molecular weight is 305 g/mol. The molecule has 0 atom stereocenters. The number of aromatic nitrogens is 1. The average Bonchev–Trinajstić information content (AvgIpc) is 2.51. The number of carbonyl (C=O) groups is 1. The number of nitrogens with zero attached hydrogens (tertiary/aromatic N) is 3. The molecule has 120 valence electrons. The fourth-order valence-corrected chi connectivity index (χ4v) is 2.54. The molecule has 1 aliphatic heterocycles. The molecule has 22 heavy (non-hydrogen) atoms. The van der Waals surface area contributed by atoms with E-state index in [1.807, 2.05) is 12.1 Å². The molecule has 0 saturated carbocycles. The van der Waals surface area contributed by atoms with E-state index >= 15 is 0 Å². The Kier molecular flexibility index (Phi) is 5.77. The highest BCUT2D eigenvalue weighted by Gasteiger charge is 2.17. The number of carbonyl (C=O) groups excluding carboxylic acids is 1. The van der Waals surface area contributed by atoms with Crippen LogP contribution in [0.5, 0.6) is 0 Å². The van der Waals surface area contributed by atoms with E-state index in [0.29, 0.717) is 6.61 Å². The number of esters is 1. The number of hydrogen-bond donors (Lipinski definition) is 0. The standard InChI is InChI=1S/C16H23N3O3/c1-3-6-17-8-10-18(11-9-17)14-5-7-19(15(20)12-14)13-16(21)22-4-2/h3,5,7,12H,1,4,6,8-11,13H2,2H3. The van der Waals surface area contributed by atoms with E-state index in [0.717, 1.165) is 38.4 Å². The molecule has 6 heteroatoms. The van der Waals surface area contributed by atoms with Gasteiger partial charge in [-0.15, -0.1) is 6.58 Å². The fourth-order valence-electron chi connectivity index (χ4n) is 2.54. The predicted molar refractivity (Wildman–Crippen MR) is 86.2 cm³/mol.